The van der Waals surface area contributed by atoms with Crippen molar-refractivity contribution < 1.29 is 8.42 Å². The lowest BCUT2D eigenvalue weighted by Gasteiger charge is -2.05. The highest BCUT2D eigenvalue weighted by atomic mass is 32.2. The van der Waals surface area contributed by atoms with E-state index < -0.39 is 10.0 Å². The van der Waals surface area contributed by atoms with E-state index in [1.165, 1.54) is 11.3 Å². The first-order chi connectivity index (χ1) is 7.47. The molecule has 0 aliphatic heterocycles. The number of anilines is 1. The molecule has 1 aromatic heterocycles. The summed E-state index contributed by atoms with van der Waals surface area (Å²) in [6.07, 6.45) is 1.54. The first kappa shape index (κ1) is 11.8. The molecule has 0 amide bonds. The molecule has 7 heteroatoms. The minimum absolute atomic E-state index is 0.200. The maximum atomic E-state index is 11.6. The Morgan fingerprint density at radius 2 is 2.25 bits per heavy atom. The second-order valence-electron chi connectivity index (χ2n) is 4.23. The van der Waals surface area contributed by atoms with Crippen LogP contribution < -0.4 is 4.72 Å². The van der Waals surface area contributed by atoms with Crippen molar-refractivity contribution in [3.05, 3.63) is 11.1 Å². The molecule has 0 aromatic carbocycles. The lowest BCUT2D eigenvalue weighted by Crippen LogP contribution is -2.17. The van der Waals surface area contributed by atoms with E-state index in [1.54, 1.807) is 0 Å². The summed E-state index contributed by atoms with van der Waals surface area (Å²) in [6.45, 7) is 0.724. The van der Waals surface area contributed by atoms with Gasteiger partial charge in [-0.1, -0.05) is 0 Å². The zero-order valence-electron chi connectivity index (χ0n) is 9.30. The predicted octanol–water partition coefficient (Wildman–Crippen LogP) is 1.11. The van der Waals surface area contributed by atoms with E-state index in [4.69, 9.17) is 0 Å². The molecule has 0 atom stereocenters. The summed E-state index contributed by atoms with van der Waals surface area (Å²) in [7, 11) is 0.733. The molecule has 0 bridgehead atoms. The molecule has 1 aliphatic rings. The number of sulfonamides is 1. The van der Waals surface area contributed by atoms with Gasteiger partial charge < -0.3 is 4.90 Å². The minimum atomic E-state index is -3.17. The normalized spacial score (nSPS) is 16.7. The van der Waals surface area contributed by atoms with Gasteiger partial charge in [-0.3, -0.25) is 4.72 Å². The van der Waals surface area contributed by atoms with Crippen LogP contribution >= 0.6 is 11.3 Å². The summed E-state index contributed by atoms with van der Waals surface area (Å²) in [5, 5.41) is 2.16. The zero-order valence-corrected chi connectivity index (χ0v) is 10.9. The molecular weight excluding hydrogens is 246 g/mol. The van der Waals surface area contributed by atoms with Crippen molar-refractivity contribution in [2.45, 2.75) is 24.6 Å². The molecule has 1 aliphatic carbocycles. The third-order valence-corrected chi connectivity index (χ3v) is 4.99. The molecule has 0 saturated heterocycles. The molecule has 1 N–H and O–H groups in total. The lowest BCUT2D eigenvalue weighted by molar-refractivity contribution is 0.398. The second kappa shape index (κ2) is 4.31. The van der Waals surface area contributed by atoms with E-state index in [1.807, 2.05) is 24.4 Å². The molecular formula is C9H15N3O2S2. The van der Waals surface area contributed by atoms with Crippen molar-refractivity contribution >= 4 is 26.5 Å². The number of nitrogens with one attached hydrogen (secondary N) is 1. The number of hydrogen-bond acceptors (Lipinski definition) is 5. The van der Waals surface area contributed by atoms with Crippen LogP contribution in [0.2, 0.25) is 0 Å². The third kappa shape index (κ3) is 2.93. The van der Waals surface area contributed by atoms with Crippen molar-refractivity contribution in [2.24, 2.45) is 0 Å². The zero-order chi connectivity index (χ0) is 11.8. The van der Waals surface area contributed by atoms with Gasteiger partial charge in [0.2, 0.25) is 10.0 Å². The summed E-state index contributed by atoms with van der Waals surface area (Å²) in [4.78, 5) is 6.23. The van der Waals surface area contributed by atoms with Gasteiger partial charge in [0.25, 0.3) is 0 Å². The fraction of sp³-hybridized carbons (Fsp3) is 0.667. The molecule has 2 rings (SSSR count). The van der Waals surface area contributed by atoms with E-state index in [-0.39, 0.29) is 5.25 Å². The molecule has 1 aromatic rings. The Kier molecular flexibility index (Phi) is 3.18. The number of nitrogens with zero attached hydrogens (tertiary/aromatic N) is 2. The lowest BCUT2D eigenvalue weighted by atomic mass is 10.5. The fourth-order valence-corrected chi connectivity index (χ4v) is 3.63. The van der Waals surface area contributed by atoms with Gasteiger partial charge in [0.15, 0.2) is 5.13 Å². The minimum Gasteiger partial charge on any atom is -0.304 e. The molecule has 1 fully saturated rings. The number of hydrogen-bond donors (Lipinski definition) is 1. The standard InChI is InChI=1S/C9H15N3O2S2/c1-12(2)5-7-6-15-9(10-7)11-16(13,14)8-3-4-8/h6,8H,3-5H2,1-2H3,(H,10,11). The van der Waals surface area contributed by atoms with Gasteiger partial charge in [0.05, 0.1) is 10.9 Å². The molecule has 0 spiro atoms. The number of thiazole rings is 1. The Labute approximate surface area is 99.5 Å². The quantitative estimate of drug-likeness (QED) is 0.862. The highest BCUT2D eigenvalue weighted by molar-refractivity contribution is 7.93. The van der Waals surface area contributed by atoms with Crippen LogP contribution in [0.1, 0.15) is 18.5 Å². The van der Waals surface area contributed by atoms with Gasteiger partial charge >= 0.3 is 0 Å². The van der Waals surface area contributed by atoms with Crippen LogP contribution in [0.3, 0.4) is 0 Å². The molecule has 5 nitrogen and oxygen atoms in total. The van der Waals surface area contributed by atoms with E-state index in [9.17, 15) is 8.42 Å². The third-order valence-electron chi connectivity index (χ3n) is 2.22. The van der Waals surface area contributed by atoms with Crippen LogP contribution in [0.15, 0.2) is 5.38 Å². The Morgan fingerprint density at radius 3 is 2.81 bits per heavy atom. The first-order valence-electron chi connectivity index (χ1n) is 5.08. The van der Waals surface area contributed by atoms with Gasteiger partial charge in [-0.15, -0.1) is 11.3 Å². The second-order valence-corrected chi connectivity index (χ2v) is 7.05. The summed E-state index contributed by atoms with van der Waals surface area (Å²) in [6, 6.07) is 0. The fourth-order valence-electron chi connectivity index (χ4n) is 1.33. The van der Waals surface area contributed by atoms with Gasteiger partial charge in [0.1, 0.15) is 0 Å². The van der Waals surface area contributed by atoms with Crippen LogP contribution in [-0.2, 0) is 16.6 Å². The van der Waals surface area contributed by atoms with Crippen molar-refractivity contribution in [1.29, 1.82) is 0 Å². The molecule has 1 saturated carbocycles. The van der Waals surface area contributed by atoms with Crippen molar-refractivity contribution in [3.63, 3.8) is 0 Å². The van der Waals surface area contributed by atoms with Crippen LogP contribution in [0, 0.1) is 0 Å². The average molecular weight is 261 g/mol. The van der Waals surface area contributed by atoms with E-state index in [0.29, 0.717) is 5.13 Å². The number of aromatic nitrogens is 1. The summed E-state index contributed by atoms with van der Waals surface area (Å²) >= 11 is 1.34. The maximum absolute atomic E-state index is 11.6. The van der Waals surface area contributed by atoms with Crippen LogP contribution in [-0.4, -0.2) is 37.6 Å². The highest BCUT2D eigenvalue weighted by Gasteiger charge is 2.36. The Morgan fingerprint density at radius 1 is 1.56 bits per heavy atom. The Bertz CT molecular complexity index is 463. The molecule has 0 radical (unpaired) electrons. The van der Waals surface area contributed by atoms with Crippen molar-refractivity contribution in [3.8, 4) is 0 Å². The number of rotatable bonds is 5. The SMILES string of the molecule is CN(C)Cc1csc(NS(=O)(=O)C2CC2)n1. The van der Waals surface area contributed by atoms with E-state index in [0.717, 1.165) is 25.1 Å². The van der Waals surface area contributed by atoms with Crippen LogP contribution in [0.5, 0.6) is 0 Å². The molecule has 0 unspecified atom stereocenters. The van der Waals surface area contributed by atoms with Gasteiger partial charge in [-0.2, -0.15) is 0 Å². The average Bonchev–Trinajstić information content (AvgIpc) is 2.91. The van der Waals surface area contributed by atoms with Crippen molar-refractivity contribution in [1.82, 2.24) is 9.88 Å². The summed E-state index contributed by atoms with van der Waals surface area (Å²) < 4.78 is 25.8. The molecule has 1 heterocycles. The van der Waals surface area contributed by atoms with Crippen LogP contribution in [0.4, 0.5) is 5.13 Å². The Balaban J connectivity index is 2.02. The van der Waals surface area contributed by atoms with Gasteiger partial charge in [-0.25, -0.2) is 13.4 Å². The Hall–Kier alpha value is -0.660. The van der Waals surface area contributed by atoms with Crippen LogP contribution in [0.25, 0.3) is 0 Å². The van der Waals surface area contributed by atoms with Gasteiger partial charge in [-0.05, 0) is 26.9 Å². The monoisotopic (exact) mass is 261 g/mol. The summed E-state index contributed by atoms with van der Waals surface area (Å²) in [5.74, 6) is 0. The maximum Gasteiger partial charge on any atom is 0.237 e. The largest absolute Gasteiger partial charge is 0.304 e. The predicted molar refractivity (Wildman–Crippen MR) is 65.1 cm³/mol. The van der Waals surface area contributed by atoms with Crippen molar-refractivity contribution in [2.75, 3.05) is 18.8 Å². The topological polar surface area (TPSA) is 62.3 Å². The highest BCUT2D eigenvalue weighted by Crippen LogP contribution is 2.30. The molecule has 16 heavy (non-hydrogen) atoms. The van der Waals surface area contributed by atoms with Gasteiger partial charge in [0, 0.05) is 11.9 Å². The first-order valence-corrected chi connectivity index (χ1v) is 7.51. The van der Waals surface area contributed by atoms with E-state index >= 15 is 0 Å². The molecule has 90 valence electrons. The van der Waals surface area contributed by atoms with E-state index in [2.05, 4.69) is 9.71 Å². The summed E-state index contributed by atoms with van der Waals surface area (Å²) in [5.41, 5.74) is 0.892. The smallest absolute Gasteiger partial charge is 0.237 e.